The molecule has 178 valence electrons. The Kier molecular flexibility index (Phi) is 2.24. The van der Waals surface area contributed by atoms with E-state index in [1.165, 1.54) is 15.2 Å². The van der Waals surface area contributed by atoms with E-state index in [1.807, 2.05) is 0 Å². The summed E-state index contributed by atoms with van der Waals surface area (Å²) < 4.78 is 149. The molecule has 0 fully saturated rings. The first kappa shape index (κ1) is 10.4. The topological polar surface area (TPSA) is 9.86 Å². The van der Waals surface area contributed by atoms with Gasteiger partial charge in [0, 0.05) is 32.8 Å². The van der Waals surface area contributed by atoms with Crippen LogP contribution in [0.15, 0.2) is 145 Å². The molecular formula is C36H24N2. The summed E-state index contributed by atoms with van der Waals surface area (Å²) in [5, 5.41) is 0.783. The van der Waals surface area contributed by atoms with Crippen LogP contribution in [0.4, 0.5) is 0 Å². The monoisotopic (exact) mass is 501 g/mol. The molecule has 0 bridgehead atoms. The van der Waals surface area contributed by atoms with Crippen molar-refractivity contribution in [3.8, 4) is 22.5 Å². The molecule has 38 heavy (non-hydrogen) atoms. The maximum absolute atomic E-state index is 9.13. The van der Waals surface area contributed by atoms with Crippen LogP contribution in [0.1, 0.15) is 23.3 Å². The van der Waals surface area contributed by atoms with Crippen molar-refractivity contribution >= 4 is 43.6 Å². The summed E-state index contributed by atoms with van der Waals surface area (Å²) in [6.07, 6.45) is 0. The quantitative estimate of drug-likeness (QED) is 0.228. The summed E-state index contributed by atoms with van der Waals surface area (Å²) in [6.45, 7) is 0. The lowest BCUT2D eigenvalue weighted by molar-refractivity contribution is 1.17. The van der Waals surface area contributed by atoms with Crippen LogP contribution >= 0.6 is 0 Å². The Morgan fingerprint density at radius 2 is 1.08 bits per heavy atom. The number of nitrogens with zero attached hydrogens (tertiary/aromatic N) is 2. The predicted molar refractivity (Wildman–Crippen MR) is 161 cm³/mol. The lowest BCUT2D eigenvalue weighted by Gasteiger charge is -2.14. The second-order valence-electron chi connectivity index (χ2n) is 8.56. The van der Waals surface area contributed by atoms with Gasteiger partial charge in [0.1, 0.15) is 0 Å². The number of benzene rings is 6. The Balaban J connectivity index is 1.55. The SMILES string of the molecule is [2H]c1c([2H])c([2H])c(-c2c([2H])c([2H])c([2H])c([2H])c2-n2c3ccccc3c3cc(-n4c5c([2H])c([2H])c([2H])c([2H])c5c5c([2H])c([2H])c([2H])c([2H])c54)ccc32)c([2H])c1[2H]. The van der Waals surface area contributed by atoms with Crippen LogP contribution in [0.2, 0.25) is 0 Å². The number of aromatic nitrogens is 2. The van der Waals surface area contributed by atoms with Gasteiger partial charge in [-0.3, -0.25) is 0 Å². The number of hydrogen-bond donors (Lipinski definition) is 0. The van der Waals surface area contributed by atoms with Gasteiger partial charge in [0.05, 0.1) is 51.1 Å². The van der Waals surface area contributed by atoms with Crippen molar-refractivity contribution in [2.24, 2.45) is 0 Å². The highest BCUT2D eigenvalue weighted by molar-refractivity contribution is 6.12. The normalized spacial score (nSPS) is 17.9. The van der Waals surface area contributed by atoms with Gasteiger partial charge in [0.15, 0.2) is 0 Å². The third kappa shape index (κ3) is 3.01. The summed E-state index contributed by atoms with van der Waals surface area (Å²) in [5.74, 6) is 0. The molecule has 8 rings (SSSR count). The fourth-order valence-corrected chi connectivity index (χ4v) is 5.05. The smallest absolute Gasteiger partial charge is 0.0645 e. The molecule has 0 amide bonds. The van der Waals surface area contributed by atoms with Crippen LogP contribution in [0, 0.1) is 0 Å². The first-order valence-corrected chi connectivity index (χ1v) is 11.7. The minimum absolute atomic E-state index is 0.0864. The summed E-state index contributed by atoms with van der Waals surface area (Å²) in [4.78, 5) is 0. The van der Waals surface area contributed by atoms with E-state index in [9.17, 15) is 0 Å². The van der Waals surface area contributed by atoms with Gasteiger partial charge >= 0.3 is 0 Å². The zero-order valence-corrected chi connectivity index (χ0v) is 19.4. The molecule has 0 atom stereocenters. The summed E-state index contributed by atoms with van der Waals surface area (Å²) in [7, 11) is 0. The minimum atomic E-state index is -0.691. The Hall–Kier alpha value is -5.08. The number of rotatable bonds is 3. The van der Waals surface area contributed by atoms with Crippen molar-refractivity contribution in [1.29, 1.82) is 0 Å². The summed E-state index contributed by atoms with van der Waals surface area (Å²) >= 11 is 0. The van der Waals surface area contributed by atoms with E-state index in [-0.39, 0.29) is 38.7 Å². The van der Waals surface area contributed by atoms with Crippen molar-refractivity contribution in [2.75, 3.05) is 0 Å². The van der Waals surface area contributed by atoms with Gasteiger partial charge in [0.2, 0.25) is 0 Å². The Labute approximate surface area is 244 Å². The third-order valence-corrected chi connectivity index (χ3v) is 6.59. The van der Waals surface area contributed by atoms with Crippen molar-refractivity contribution < 1.29 is 23.3 Å². The van der Waals surface area contributed by atoms with Crippen molar-refractivity contribution in [3.63, 3.8) is 0 Å². The zero-order chi connectivity index (χ0) is 39.8. The number of fused-ring (bicyclic) bond motifs is 6. The molecule has 0 saturated carbocycles. The van der Waals surface area contributed by atoms with E-state index in [2.05, 4.69) is 0 Å². The lowest BCUT2D eigenvalue weighted by Crippen LogP contribution is -1.97. The molecule has 2 aromatic heterocycles. The highest BCUT2D eigenvalue weighted by Gasteiger charge is 2.17. The molecule has 0 radical (unpaired) electrons. The Bertz CT molecular complexity index is 2970. The van der Waals surface area contributed by atoms with Crippen LogP contribution in [-0.4, -0.2) is 9.13 Å². The first-order valence-electron chi connectivity index (χ1n) is 20.2. The summed E-state index contributed by atoms with van der Waals surface area (Å²) in [6, 6.07) is 1.44. The van der Waals surface area contributed by atoms with Gasteiger partial charge in [0.25, 0.3) is 0 Å². The molecule has 0 unspecified atom stereocenters. The minimum Gasteiger partial charge on any atom is -0.309 e. The fraction of sp³-hybridized carbons (Fsp3) is 0. The molecule has 0 saturated heterocycles. The van der Waals surface area contributed by atoms with Gasteiger partial charge in [-0.25, -0.2) is 0 Å². The molecular weight excluding hydrogens is 460 g/mol. The Morgan fingerprint density at radius 3 is 1.87 bits per heavy atom. The zero-order valence-electron chi connectivity index (χ0n) is 36.4. The second kappa shape index (κ2) is 8.22. The van der Waals surface area contributed by atoms with Crippen LogP contribution in [0.25, 0.3) is 66.1 Å². The fourth-order valence-electron chi connectivity index (χ4n) is 5.05. The maximum Gasteiger partial charge on any atom is 0.0645 e. The maximum atomic E-state index is 9.13. The largest absolute Gasteiger partial charge is 0.309 e. The van der Waals surface area contributed by atoms with Gasteiger partial charge in [-0.05, 0) is 48.0 Å². The molecule has 2 heterocycles. The Morgan fingerprint density at radius 1 is 0.447 bits per heavy atom. The summed E-state index contributed by atoms with van der Waals surface area (Å²) in [5.41, 5.74) is -0.135. The third-order valence-electron chi connectivity index (χ3n) is 6.59. The standard InChI is InChI=1S/C36H24N2/c1-2-12-25(13-3-1)27-14-4-8-18-32(27)38-35-21-11-7-17-30(35)31-24-26(22-23-36(31)38)37-33-19-9-5-15-28(33)29-16-6-10-20-34(29)37/h1-24H/i1D,2D,3D,4D,5D,6D,8D,9D,10D,12D,13D,14D,15D,16D,18D,19D,20D. The van der Waals surface area contributed by atoms with E-state index >= 15 is 0 Å². The van der Waals surface area contributed by atoms with Crippen LogP contribution < -0.4 is 0 Å². The molecule has 2 nitrogen and oxygen atoms in total. The molecule has 0 aliphatic heterocycles. The molecule has 0 spiro atoms. The van der Waals surface area contributed by atoms with Gasteiger partial charge in [-0.15, -0.1) is 0 Å². The molecule has 0 aliphatic carbocycles. The highest BCUT2D eigenvalue weighted by atomic mass is 15.0. The van der Waals surface area contributed by atoms with E-state index in [0.717, 1.165) is 0 Å². The molecule has 0 aliphatic rings. The van der Waals surface area contributed by atoms with E-state index in [0.29, 0.717) is 21.8 Å². The number of hydrogen-bond acceptors (Lipinski definition) is 0. The molecule has 6 aromatic carbocycles. The lowest BCUT2D eigenvalue weighted by atomic mass is 10.0. The van der Waals surface area contributed by atoms with Gasteiger partial charge < -0.3 is 9.13 Å². The van der Waals surface area contributed by atoms with Crippen LogP contribution in [-0.2, 0) is 0 Å². The van der Waals surface area contributed by atoms with Gasteiger partial charge in [-0.2, -0.15) is 0 Å². The molecule has 0 N–H and O–H groups in total. The average molecular weight is 502 g/mol. The van der Waals surface area contributed by atoms with Crippen molar-refractivity contribution in [2.45, 2.75) is 0 Å². The van der Waals surface area contributed by atoms with Crippen molar-refractivity contribution in [1.82, 2.24) is 9.13 Å². The first-order chi connectivity index (χ1) is 25.9. The van der Waals surface area contributed by atoms with E-state index < -0.39 is 108 Å². The van der Waals surface area contributed by atoms with E-state index in [1.54, 1.807) is 36.4 Å². The van der Waals surface area contributed by atoms with E-state index in [4.69, 9.17) is 23.3 Å². The second-order valence-corrected chi connectivity index (χ2v) is 8.56. The molecule has 2 heteroatoms. The highest BCUT2D eigenvalue weighted by Crippen LogP contribution is 2.38. The average Bonchev–Trinajstić information content (AvgIpc) is 3.71. The van der Waals surface area contributed by atoms with Crippen LogP contribution in [0.5, 0.6) is 0 Å². The van der Waals surface area contributed by atoms with Crippen molar-refractivity contribution in [3.05, 3.63) is 145 Å². The van der Waals surface area contributed by atoms with Crippen LogP contribution in [0.3, 0.4) is 0 Å². The van der Waals surface area contributed by atoms with Gasteiger partial charge in [-0.1, -0.05) is 103 Å². The number of para-hydroxylation sites is 4. The molecule has 8 aromatic rings. The predicted octanol–water partition coefficient (Wildman–Crippen LogP) is 9.55.